The van der Waals surface area contributed by atoms with Crippen molar-refractivity contribution in [3.8, 4) is 0 Å². The smallest absolute Gasteiger partial charge is 0.228 e. The number of allylic oxidation sites excluding steroid dienone is 1. The number of rotatable bonds is 9. The molecule has 2 aliphatic carbocycles. The molecular weight excluding hydrogens is 793 g/mol. The predicted molar refractivity (Wildman–Crippen MR) is 205 cm³/mol. The van der Waals surface area contributed by atoms with E-state index in [1.165, 1.54) is 23.5 Å². The van der Waals surface area contributed by atoms with Crippen LogP contribution in [-0.2, 0) is 9.59 Å². The lowest BCUT2D eigenvalue weighted by Gasteiger charge is -2.03. The molecule has 19 heteroatoms. The van der Waals surface area contributed by atoms with E-state index in [-0.39, 0.29) is 23.7 Å². The number of halogens is 1. The van der Waals surface area contributed by atoms with Gasteiger partial charge in [0.05, 0.1) is 12.4 Å². The number of aromatic nitrogens is 12. The van der Waals surface area contributed by atoms with Gasteiger partial charge in [0.2, 0.25) is 22.1 Å². The summed E-state index contributed by atoms with van der Waals surface area (Å²) in [4.78, 5) is 32.6. The molecule has 0 radical (unpaired) electrons. The van der Waals surface area contributed by atoms with Crippen molar-refractivity contribution in [1.29, 1.82) is 0 Å². The lowest BCUT2D eigenvalue weighted by Crippen LogP contribution is -2.13. The zero-order valence-electron chi connectivity index (χ0n) is 28.5. The van der Waals surface area contributed by atoms with Crippen LogP contribution in [0.5, 0.6) is 0 Å². The molecule has 8 aromatic rings. The number of hydrogen-bond acceptors (Lipinski definition) is 12. The van der Waals surface area contributed by atoms with E-state index in [0.717, 1.165) is 67.8 Å². The maximum absolute atomic E-state index is 11.9. The Kier molecular flexibility index (Phi) is 8.82. The van der Waals surface area contributed by atoms with E-state index in [1.807, 2.05) is 76.6 Å². The maximum Gasteiger partial charge on any atom is 0.228 e. The van der Waals surface area contributed by atoms with Gasteiger partial charge in [-0.05, 0) is 132 Å². The minimum Gasteiger partial charge on any atom is -0.309 e. The molecule has 8 aromatic heterocycles. The fraction of sp³-hybridized carbons (Fsp3) is 0.200. The summed E-state index contributed by atoms with van der Waals surface area (Å²) < 4.78 is 8.09. The highest BCUT2D eigenvalue weighted by Gasteiger charge is 2.31. The molecule has 2 fully saturated rings. The summed E-state index contributed by atoms with van der Waals surface area (Å²) in [6.45, 7) is 5.95. The van der Waals surface area contributed by atoms with Crippen LogP contribution in [0.2, 0.25) is 0 Å². The minimum atomic E-state index is 0.0289. The van der Waals surface area contributed by atoms with Gasteiger partial charge in [-0.2, -0.15) is 10.2 Å². The second-order valence-electron chi connectivity index (χ2n) is 12.9. The third-order valence-corrected chi connectivity index (χ3v) is 10.8. The number of imidazole rings is 2. The van der Waals surface area contributed by atoms with E-state index in [1.54, 1.807) is 21.4 Å². The van der Waals surface area contributed by atoms with Gasteiger partial charge in [-0.25, -0.2) is 19.0 Å². The quantitative estimate of drug-likeness (QED) is 0.165. The first-order valence-corrected chi connectivity index (χ1v) is 19.4. The Hall–Kier alpha value is -5.66. The fourth-order valence-corrected chi connectivity index (χ4v) is 7.29. The van der Waals surface area contributed by atoms with Crippen LogP contribution in [0.3, 0.4) is 0 Å². The number of carbonyl (C=O) groups is 2. The first-order chi connectivity index (χ1) is 26.2. The van der Waals surface area contributed by atoms with Gasteiger partial charge in [-0.1, -0.05) is 6.58 Å². The van der Waals surface area contributed by atoms with Crippen LogP contribution in [0, 0.1) is 11.8 Å². The Morgan fingerprint density at radius 1 is 0.667 bits per heavy atom. The van der Waals surface area contributed by atoms with Crippen molar-refractivity contribution in [2.24, 2.45) is 11.8 Å². The van der Waals surface area contributed by atoms with Gasteiger partial charge in [0.15, 0.2) is 34.2 Å². The van der Waals surface area contributed by atoms with Gasteiger partial charge in [-0.15, -0.1) is 20.4 Å². The molecule has 10 rings (SSSR count). The average Bonchev–Trinajstić information content (AvgIpc) is 4.05. The van der Waals surface area contributed by atoms with Crippen molar-refractivity contribution < 1.29 is 9.59 Å². The van der Waals surface area contributed by atoms with Crippen LogP contribution in [0.1, 0.15) is 38.2 Å². The number of pyridine rings is 2. The highest BCUT2D eigenvalue weighted by atomic mass is 79.9. The van der Waals surface area contributed by atoms with Crippen LogP contribution >= 0.6 is 39.5 Å². The summed E-state index contributed by atoms with van der Waals surface area (Å²) in [5, 5.41) is 34.6. The Morgan fingerprint density at radius 2 is 1.15 bits per heavy atom. The van der Waals surface area contributed by atoms with E-state index < -0.39 is 0 Å². The molecule has 0 bridgehead atoms. The number of anilines is 2. The van der Waals surface area contributed by atoms with Crippen molar-refractivity contribution in [3.05, 3.63) is 89.9 Å². The second-order valence-corrected chi connectivity index (χ2v) is 15.8. The summed E-state index contributed by atoms with van der Waals surface area (Å²) in [6, 6.07) is 15.2. The summed E-state index contributed by atoms with van der Waals surface area (Å²) in [6.07, 6.45) is 11.2. The second kappa shape index (κ2) is 14.0. The third kappa shape index (κ3) is 7.29. The Labute approximate surface area is 323 Å². The fourth-order valence-electron chi connectivity index (χ4n) is 5.40. The number of nitrogens with zero attached hydrogens (tertiary/aromatic N) is 12. The maximum atomic E-state index is 11.9. The van der Waals surface area contributed by atoms with Crippen molar-refractivity contribution >= 4 is 91.1 Å². The third-order valence-electron chi connectivity index (χ3n) is 8.58. The van der Waals surface area contributed by atoms with Crippen LogP contribution < -0.4 is 10.6 Å². The number of nitrogens with one attached hydrogen (secondary N) is 2. The normalized spacial score (nSPS) is 14.0. The van der Waals surface area contributed by atoms with Crippen LogP contribution in [-0.4, -0.2) is 70.2 Å². The van der Waals surface area contributed by atoms with E-state index in [0.29, 0.717) is 28.1 Å². The highest BCUT2D eigenvalue weighted by molar-refractivity contribution is 9.10. The topological polar surface area (TPSA) is 179 Å². The molecule has 0 unspecified atom stereocenters. The van der Waals surface area contributed by atoms with E-state index in [9.17, 15) is 9.59 Å². The Bertz CT molecular complexity index is 2760. The first kappa shape index (κ1) is 34.1. The largest absolute Gasteiger partial charge is 0.309 e. The van der Waals surface area contributed by atoms with E-state index in [2.05, 4.69) is 73.7 Å². The van der Waals surface area contributed by atoms with Crippen molar-refractivity contribution in [1.82, 2.24) is 58.4 Å². The predicted octanol–water partition coefficient (Wildman–Crippen LogP) is 6.34. The molecule has 8 heterocycles. The molecule has 0 spiro atoms. The summed E-state index contributed by atoms with van der Waals surface area (Å²) in [7, 11) is 0. The Morgan fingerprint density at radius 3 is 1.65 bits per heavy atom. The lowest BCUT2D eigenvalue weighted by atomic mass is 10.1. The van der Waals surface area contributed by atoms with Crippen molar-refractivity contribution in [2.75, 3.05) is 10.6 Å². The van der Waals surface area contributed by atoms with Gasteiger partial charge < -0.3 is 10.6 Å². The zero-order chi connectivity index (χ0) is 36.9. The number of hydrogen-bond donors (Lipinski definition) is 2. The van der Waals surface area contributed by atoms with Gasteiger partial charge in [0.25, 0.3) is 0 Å². The van der Waals surface area contributed by atoms with E-state index >= 15 is 0 Å². The van der Waals surface area contributed by atoms with Gasteiger partial charge in [0.1, 0.15) is 10.1 Å². The average molecular weight is 822 g/mol. The van der Waals surface area contributed by atoms with Crippen LogP contribution in [0.25, 0.3) is 28.2 Å². The molecule has 2 saturated carbocycles. The SMILES string of the molecule is C=C(C)c1ccc2nnc(Sc3ccc4nc(NC(=O)C5CC5)cn4n3)n2c1.O=C(Nc1cn2nc(Sc3nnc4ccc(Br)cn34)ccc2n1)C1CC1. The van der Waals surface area contributed by atoms with Crippen molar-refractivity contribution in [2.45, 2.75) is 53.0 Å². The minimum absolute atomic E-state index is 0.0289. The van der Waals surface area contributed by atoms with Gasteiger partial charge in [0, 0.05) is 28.7 Å². The highest BCUT2D eigenvalue weighted by Crippen LogP contribution is 2.32. The zero-order valence-corrected chi connectivity index (χ0v) is 31.7. The van der Waals surface area contributed by atoms with Crippen LogP contribution in [0.15, 0.2) is 105 Å². The number of fused-ring (bicyclic) bond motifs is 4. The monoisotopic (exact) mass is 820 g/mol. The molecule has 0 atom stereocenters. The molecule has 54 heavy (non-hydrogen) atoms. The van der Waals surface area contributed by atoms with E-state index in [4.69, 9.17) is 0 Å². The van der Waals surface area contributed by atoms with Crippen molar-refractivity contribution in [3.63, 3.8) is 0 Å². The molecule has 2 aliphatic rings. The summed E-state index contributed by atoms with van der Waals surface area (Å²) in [5.41, 5.74) is 4.89. The van der Waals surface area contributed by atoms with Gasteiger partial charge in [-0.3, -0.25) is 18.4 Å². The molecule has 270 valence electrons. The standard InChI is InChI=1S/C19H17N7OS.C16H12BrN7OS/c1-11(2)13-5-6-16-22-23-19(25(16)9-13)28-17-8-7-15-20-14(10-26(15)24-17)21-18(27)12-3-4-12;17-10-3-4-13-20-21-16(23(13)7-10)26-14-6-5-12-18-11(8-24(12)22-14)19-15(25)9-1-2-9/h5-10,12H,1,3-4H2,2H3,(H,21,27);3-9H,1-2H2,(H,19,25). The lowest BCUT2D eigenvalue weighted by molar-refractivity contribution is -0.118. The number of carbonyl (C=O) groups excluding carboxylic acids is 2. The Balaban J connectivity index is 0.000000143. The summed E-state index contributed by atoms with van der Waals surface area (Å²) >= 11 is 6.27. The summed E-state index contributed by atoms with van der Waals surface area (Å²) in [5.74, 6) is 1.37. The van der Waals surface area contributed by atoms with Gasteiger partial charge >= 0.3 is 0 Å². The molecule has 2 amide bonds. The molecule has 16 nitrogen and oxygen atoms in total. The first-order valence-electron chi connectivity index (χ1n) is 16.9. The molecule has 0 aliphatic heterocycles. The molecular formula is C35H29BrN14O2S2. The number of amides is 2. The molecule has 2 N–H and O–H groups in total. The van der Waals surface area contributed by atoms with Crippen LogP contribution in [0.4, 0.5) is 11.6 Å². The molecule has 0 saturated heterocycles. The molecule has 0 aromatic carbocycles.